The van der Waals surface area contributed by atoms with Gasteiger partial charge in [-0.1, -0.05) is 29.8 Å². The van der Waals surface area contributed by atoms with Crippen LogP contribution in [0, 0.1) is 6.92 Å². The summed E-state index contributed by atoms with van der Waals surface area (Å²) in [6, 6.07) is 11.7. The first-order valence-electron chi connectivity index (χ1n) is 10.2. The molecule has 0 spiro atoms. The number of ether oxygens (including phenoxy) is 1. The number of hydrogen-bond acceptors (Lipinski definition) is 6. The topological polar surface area (TPSA) is 93.9 Å². The Morgan fingerprint density at radius 2 is 1.94 bits per heavy atom. The molecule has 1 saturated heterocycles. The molecule has 7 nitrogen and oxygen atoms in total. The van der Waals surface area contributed by atoms with Crippen molar-refractivity contribution in [3.63, 3.8) is 0 Å². The molecule has 0 amide bonds. The Hall–Kier alpha value is -2.68. The number of rotatable bonds is 5. The van der Waals surface area contributed by atoms with Crippen LogP contribution in [-0.4, -0.2) is 31.3 Å². The third-order valence-corrected chi connectivity index (χ3v) is 7.88. The van der Waals surface area contributed by atoms with Crippen molar-refractivity contribution in [1.82, 2.24) is 4.31 Å². The monoisotopic (exact) mass is 475 g/mol. The minimum atomic E-state index is -3.84. The van der Waals surface area contributed by atoms with Crippen LogP contribution in [0.2, 0.25) is 5.02 Å². The molecule has 0 unspecified atom stereocenters. The van der Waals surface area contributed by atoms with E-state index >= 15 is 0 Å². The predicted molar refractivity (Wildman–Crippen MR) is 120 cm³/mol. The van der Waals surface area contributed by atoms with Gasteiger partial charge >= 0.3 is 11.6 Å². The van der Waals surface area contributed by atoms with Crippen LogP contribution in [0.5, 0.6) is 0 Å². The van der Waals surface area contributed by atoms with E-state index in [0.29, 0.717) is 40.8 Å². The molecule has 4 rings (SSSR count). The van der Waals surface area contributed by atoms with Crippen molar-refractivity contribution in [2.75, 3.05) is 6.54 Å². The van der Waals surface area contributed by atoms with Crippen LogP contribution in [0.4, 0.5) is 0 Å². The number of hydrogen-bond donors (Lipinski definition) is 0. The smallest absolute Gasteiger partial charge is 0.336 e. The SMILES string of the molecule is Cc1cc2oc(=O)cc(COC(=O)[C@H]3CCCCN3S(=O)(=O)c3ccccc3)c2cc1Cl. The average molecular weight is 476 g/mol. The highest BCUT2D eigenvalue weighted by molar-refractivity contribution is 7.89. The van der Waals surface area contributed by atoms with Gasteiger partial charge in [-0.05, 0) is 56.0 Å². The molecule has 2 heterocycles. The van der Waals surface area contributed by atoms with Crippen LogP contribution < -0.4 is 5.63 Å². The zero-order valence-corrected chi connectivity index (χ0v) is 19.0. The van der Waals surface area contributed by atoms with Crippen molar-refractivity contribution < 1.29 is 22.4 Å². The van der Waals surface area contributed by atoms with Gasteiger partial charge in [0.1, 0.15) is 18.2 Å². The zero-order valence-electron chi connectivity index (χ0n) is 17.4. The normalized spacial score (nSPS) is 17.4. The van der Waals surface area contributed by atoms with E-state index in [1.807, 2.05) is 0 Å². The molecule has 9 heteroatoms. The van der Waals surface area contributed by atoms with E-state index in [1.54, 1.807) is 37.3 Å². The molecule has 168 valence electrons. The van der Waals surface area contributed by atoms with Gasteiger partial charge in [-0.2, -0.15) is 4.31 Å². The number of carbonyl (C=O) groups is 1. The Balaban J connectivity index is 1.58. The summed E-state index contributed by atoms with van der Waals surface area (Å²) in [6.45, 7) is 1.83. The maximum Gasteiger partial charge on any atom is 0.336 e. The lowest BCUT2D eigenvalue weighted by Crippen LogP contribution is -2.48. The third-order valence-electron chi connectivity index (χ3n) is 5.55. The Bertz CT molecular complexity index is 1320. The first-order valence-corrected chi connectivity index (χ1v) is 12.1. The van der Waals surface area contributed by atoms with E-state index in [-0.39, 0.29) is 18.0 Å². The van der Waals surface area contributed by atoms with Crippen molar-refractivity contribution in [2.45, 2.75) is 43.7 Å². The van der Waals surface area contributed by atoms with Crippen molar-refractivity contribution in [1.29, 1.82) is 0 Å². The molecule has 0 N–H and O–H groups in total. The van der Waals surface area contributed by atoms with Crippen LogP contribution in [0.25, 0.3) is 11.0 Å². The van der Waals surface area contributed by atoms with Gasteiger partial charge in [-0.25, -0.2) is 13.2 Å². The Morgan fingerprint density at radius 3 is 2.69 bits per heavy atom. The van der Waals surface area contributed by atoms with E-state index in [2.05, 4.69) is 0 Å². The summed E-state index contributed by atoms with van der Waals surface area (Å²) in [4.78, 5) is 25.0. The number of nitrogens with zero attached hydrogens (tertiary/aromatic N) is 1. The minimum Gasteiger partial charge on any atom is -0.460 e. The van der Waals surface area contributed by atoms with Gasteiger partial charge in [-0.15, -0.1) is 0 Å². The van der Waals surface area contributed by atoms with E-state index < -0.39 is 27.7 Å². The van der Waals surface area contributed by atoms with Gasteiger partial charge in [0.05, 0.1) is 4.90 Å². The number of carbonyl (C=O) groups excluding carboxylic acids is 1. The van der Waals surface area contributed by atoms with Crippen molar-refractivity contribution in [3.8, 4) is 0 Å². The highest BCUT2D eigenvalue weighted by atomic mass is 35.5. The fourth-order valence-corrected chi connectivity index (χ4v) is 5.70. The molecular weight excluding hydrogens is 454 g/mol. The van der Waals surface area contributed by atoms with E-state index in [0.717, 1.165) is 5.56 Å². The second kappa shape index (κ2) is 9.05. The number of sulfonamides is 1. The average Bonchev–Trinajstić information content (AvgIpc) is 2.79. The van der Waals surface area contributed by atoms with Crippen LogP contribution in [0.15, 0.2) is 62.6 Å². The van der Waals surface area contributed by atoms with Gasteiger partial charge in [-0.3, -0.25) is 4.79 Å². The summed E-state index contributed by atoms with van der Waals surface area (Å²) < 4.78 is 38.2. The molecule has 0 saturated carbocycles. The van der Waals surface area contributed by atoms with Crippen LogP contribution in [-0.2, 0) is 26.2 Å². The number of esters is 1. The predicted octanol–water partition coefficient (Wildman–Crippen LogP) is 4.04. The maximum atomic E-state index is 13.1. The molecule has 1 aliphatic heterocycles. The number of benzene rings is 2. The van der Waals surface area contributed by atoms with Crippen molar-refractivity contribution in [2.24, 2.45) is 0 Å². The van der Waals surface area contributed by atoms with Crippen molar-refractivity contribution >= 4 is 38.6 Å². The van der Waals surface area contributed by atoms with E-state index in [1.165, 1.54) is 22.5 Å². The molecule has 32 heavy (non-hydrogen) atoms. The summed E-state index contributed by atoms with van der Waals surface area (Å²) in [7, 11) is -3.84. The van der Waals surface area contributed by atoms with E-state index in [9.17, 15) is 18.0 Å². The molecule has 1 aromatic heterocycles. The van der Waals surface area contributed by atoms with Crippen LogP contribution in [0.3, 0.4) is 0 Å². The summed E-state index contributed by atoms with van der Waals surface area (Å²) >= 11 is 6.21. The second-order valence-corrected chi connectivity index (χ2v) is 10.0. The summed E-state index contributed by atoms with van der Waals surface area (Å²) in [5.41, 5.74) is 0.966. The standard InChI is InChI=1S/C23H22ClNO6S/c1-15-11-21-18(13-19(15)24)16(12-22(26)31-21)14-30-23(27)20-9-5-6-10-25(20)32(28,29)17-7-3-2-4-8-17/h2-4,7-8,11-13,20H,5-6,9-10,14H2,1H3/t20-/m1/s1. The summed E-state index contributed by atoms with van der Waals surface area (Å²) in [5.74, 6) is -0.649. The molecule has 3 aromatic rings. The lowest BCUT2D eigenvalue weighted by Gasteiger charge is -2.33. The first kappa shape index (κ1) is 22.5. The van der Waals surface area contributed by atoms with Gasteiger partial charge in [0.2, 0.25) is 10.0 Å². The Labute approximate surface area is 190 Å². The van der Waals surface area contributed by atoms with Crippen LogP contribution in [0.1, 0.15) is 30.4 Å². The van der Waals surface area contributed by atoms with Gasteiger partial charge in [0.15, 0.2) is 0 Å². The molecule has 0 radical (unpaired) electrons. The summed E-state index contributed by atoms with van der Waals surface area (Å²) in [6.07, 6.45) is 1.75. The largest absolute Gasteiger partial charge is 0.460 e. The fraction of sp³-hybridized carbons (Fsp3) is 0.304. The lowest BCUT2D eigenvalue weighted by molar-refractivity contribution is -0.150. The zero-order chi connectivity index (χ0) is 22.9. The second-order valence-electron chi connectivity index (χ2n) is 7.74. The molecule has 0 aliphatic carbocycles. The van der Waals surface area contributed by atoms with Crippen LogP contribution >= 0.6 is 11.6 Å². The van der Waals surface area contributed by atoms with E-state index in [4.69, 9.17) is 20.8 Å². The summed E-state index contributed by atoms with van der Waals surface area (Å²) in [5, 5.41) is 1.05. The Morgan fingerprint density at radius 1 is 1.19 bits per heavy atom. The number of aryl methyl sites for hydroxylation is 1. The fourth-order valence-electron chi connectivity index (χ4n) is 3.87. The number of fused-ring (bicyclic) bond motifs is 1. The molecular formula is C23H22ClNO6S. The molecule has 0 bridgehead atoms. The highest BCUT2D eigenvalue weighted by Crippen LogP contribution is 2.28. The van der Waals surface area contributed by atoms with Gasteiger partial charge in [0, 0.05) is 28.6 Å². The maximum absolute atomic E-state index is 13.1. The number of halogens is 1. The lowest BCUT2D eigenvalue weighted by atomic mass is 10.1. The first-order chi connectivity index (χ1) is 15.3. The minimum absolute atomic E-state index is 0.136. The highest BCUT2D eigenvalue weighted by Gasteiger charge is 2.38. The molecule has 2 aromatic carbocycles. The molecule has 1 fully saturated rings. The number of piperidine rings is 1. The van der Waals surface area contributed by atoms with Crippen molar-refractivity contribution in [3.05, 3.63) is 75.1 Å². The molecule has 1 aliphatic rings. The quantitative estimate of drug-likeness (QED) is 0.408. The van der Waals surface area contributed by atoms with Gasteiger partial charge in [0.25, 0.3) is 0 Å². The Kier molecular flexibility index (Phi) is 6.37. The van der Waals surface area contributed by atoms with Gasteiger partial charge < -0.3 is 9.15 Å². The molecule has 1 atom stereocenters. The third kappa shape index (κ3) is 4.44.